The van der Waals surface area contributed by atoms with E-state index in [0.29, 0.717) is 12.1 Å². The van der Waals surface area contributed by atoms with Crippen LogP contribution >= 0.6 is 15.9 Å². The Kier molecular flexibility index (Phi) is 2.69. The number of anilines is 2. The second kappa shape index (κ2) is 3.85. The molecule has 0 aromatic heterocycles. The summed E-state index contributed by atoms with van der Waals surface area (Å²) in [5.74, 6) is 0.158. The molecular weight excluding hydrogens is 256 g/mol. The maximum Gasteiger partial charge on any atom is 0.228 e. The van der Waals surface area contributed by atoms with E-state index in [-0.39, 0.29) is 10.7 Å². The van der Waals surface area contributed by atoms with Gasteiger partial charge >= 0.3 is 0 Å². The van der Waals surface area contributed by atoms with E-state index >= 15 is 0 Å². The number of nitrogens with zero attached hydrogens (tertiary/aromatic N) is 1. The number of nitrogen functional groups attached to an aromatic ring is 1. The highest BCUT2D eigenvalue weighted by Gasteiger charge is 2.29. The zero-order valence-electron chi connectivity index (χ0n) is 8.53. The largest absolute Gasteiger partial charge is 0.399 e. The van der Waals surface area contributed by atoms with Gasteiger partial charge < -0.3 is 10.6 Å². The zero-order valence-corrected chi connectivity index (χ0v) is 10.1. The Labute approximate surface area is 97.4 Å². The summed E-state index contributed by atoms with van der Waals surface area (Å²) in [5.41, 5.74) is 8.44. The first kappa shape index (κ1) is 10.5. The lowest BCUT2D eigenvalue weighted by molar-refractivity contribution is -0.117. The Morgan fingerprint density at radius 3 is 2.87 bits per heavy atom. The van der Waals surface area contributed by atoms with Crippen molar-refractivity contribution in [3.8, 4) is 0 Å². The molecule has 1 heterocycles. The number of alkyl halides is 1. The second-order valence-corrected chi connectivity index (χ2v) is 5.15. The first-order valence-corrected chi connectivity index (χ1v) is 5.80. The van der Waals surface area contributed by atoms with Crippen LogP contribution in [0.2, 0.25) is 0 Å². The van der Waals surface area contributed by atoms with Gasteiger partial charge in [-0.2, -0.15) is 0 Å². The summed E-state index contributed by atoms with van der Waals surface area (Å²) in [6.45, 7) is 2.72. The molecule has 0 saturated carbocycles. The molecular formula is C11H13BrN2O. The van der Waals surface area contributed by atoms with Gasteiger partial charge in [0.15, 0.2) is 0 Å². The van der Waals surface area contributed by atoms with Crippen LogP contribution < -0.4 is 10.6 Å². The molecule has 15 heavy (non-hydrogen) atoms. The van der Waals surface area contributed by atoms with Crippen LogP contribution in [0.1, 0.15) is 12.0 Å². The van der Waals surface area contributed by atoms with Gasteiger partial charge in [0.2, 0.25) is 5.91 Å². The molecule has 1 aromatic rings. The lowest BCUT2D eigenvalue weighted by Gasteiger charge is -2.18. The molecule has 1 unspecified atom stereocenters. The van der Waals surface area contributed by atoms with Crippen molar-refractivity contribution in [2.24, 2.45) is 0 Å². The van der Waals surface area contributed by atoms with Crippen LogP contribution in [0.5, 0.6) is 0 Å². The van der Waals surface area contributed by atoms with Crippen molar-refractivity contribution in [1.29, 1.82) is 0 Å². The average Bonchev–Trinajstić information content (AvgIpc) is 2.50. The van der Waals surface area contributed by atoms with Crippen LogP contribution in [0.4, 0.5) is 11.4 Å². The first-order chi connectivity index (χ1) is 7.08. The summed E-state index contributed by atoms with van der Waals surface area (Å²) in [4.78, 5) is 13.8. The Morgan fingerprint density at radius 2 is 2.27 bits per heavy atom. The smallest absolute Gasteiger partial charge is 0.228 e. The third-order valence-corrected chi connectivity index (χ3v) is 3.22. The number of carbonyl (C=O) groups excluding carboxylic acids is 1. The number of hydrogen-bond donors (Lipinski definition) is 1. The van der Waals surface area contributed by atoms with Gasteiger partial charge in [-0.15, -0.1) is 0 Å². The Balaban J connectivity index is 2.37. The number of hydrogen-bond acceptors (Lipinski definition) is 2. The quantitative estimate of drug-likeness (QED) is 0.626. The minimum atomic E-state index is 0.158. The predicted molar refractivity (Wildman–Crippen MR) is 65.3 cm³/mol. The molecule has 0 bridgehead atoms. The van der Waals surface area contributed by atoms with Gasteiger partial charge in [0.05, 0.1) is 0 Å². The van der Waals surface area contributed by atoms with Crippen molar-refractivity contribution >= 4 is 33.2 Å². The van der Waals surface area contributed by atoms with E-state index in [2.05, 4.69) is 15.9 Å². The highest BCUT2D eigenvalue weighted by Crippen LogP contribution is 2.29. The molecule has 2 N–H and O–H groups in total. The summed E-state index contributed by atoms with van der Waals surface area (Å²) < 4.78 is 0. The number of amides is 1. The van der Waals surface area contributed by atoms with E-state index in [1.807, 2.05) is 25.1 Å². The molecule has 1 aliphatic heterocycles. The van der Waals surface area contributed by atoms with Crippen LogP contribution in [0.25, 0.3) is 0 Å². The third-order valence-electron chi connectivity index (χ3n) is 2.60. The first-order valence-electron chi connectivity index (χ1n) is 4.88. The topological polar surface area (TPSA) is 46.3 Å². The predicted octanol–water partition coefficient (Wildman–Crippen LogP) is 2.08. The molecule has 3 nitrogen and oxygen atoms in total. The van der Waals surface area contributed by atoms with Gasteiger partial charge in [-0.3, -0.25) is 4.79 Å². The SMILES string of the molecule is Cc1ccc(N)cc1N1CC(Br)CC1=O. The fraction of sp³-hybridized carbons (Fsp3) is 0.364. The standard InChI is InChI=1S/C11H13BrN2O/c1-7-2-3-9(13)5-10(7)14-6-8(12)4-11(14)15/h2-3,5,8H,4,6,13H2,1H3. The normalized spacial score (nSPS) is 21.1. The minimum absolute atomic E-state index is 0.158. The highest BCUT2D eigenvalue weighted by molar-refractivity contribution is 9.09. The number of rotatable bonds is 1. The maximum absolute atomic E-state index is 11.7. The van der Waals surface area contributed by atoms with E-state index in [1.54, 1.807) is 4.90 Å². The van der Waals surface area contributed by atoms with Crippen molar-refractivity contribution in [3.05, 3.63) is 23.8 Å². The van der Waals surface area contributed by atoms with Gasteiger partial charge in [-0.1, -0.05) is 22.0 Å². The highest BCUT2D eigenvalue weighted by atomic mass is 79.9. The molecule has 0 aliphatic carbocycles. The number of benzene rings is 1. The van der Waals surface area contributed by atoms with Crippen molar-refractivity contribution in [1.82, 2.24) is 0 Å². The molecule has 80 valence electrons. The van der Waals surface area contributed by atoms with Crippen molar-refractivity contribution < 1.29 is 4.79 Å². The van der Waals surface area contributed by atoms with Crippen molar-refractivity contribution in [2.45, 2.75) is 18.2 Å². The molecule has 4 heteroatoms. The summed E-state index contributed by atoms with van der Waals surface area (Å²) in [7, 11) is 0. The van der Waals surface area contributed by atoms with Crippen molar-refractivity contribution in [3.63, 3.8) is 0 Å². The molecule has 1 saturated heterocycles. The lowest BCUT2D eigenvalue weighted by Crippen LogP contribution is -2.25. The molecule has 2 rings (SSSR count). The molecule has 1 amide bonds. The summed E-state index contributed by atoms with van der Waals surface area (Å²) in [5, 5.41) is 0. The molecule has 1 aliphatic rings. The van der Waals surface area contributed by atoms with Crippen LogP contribution in [0, 0.1) is 6.92 Å². The van der Waals surface area contributed by atoms with Gasteiger partial charge in [-0.05, 0) is 24.6 Å². The number of halogens is 1. The Bertz CT molecular complexity index is 406. The average molecular weight is 269 g/mol. The van der Waals surface area contributed by atoms with E-state index in [0.717, 1.165) is 17.8 Å². The van der Waals surface area contributed by atoms with Gasteiger partial charge in [0.1, 0.15) is 0 Å². The van der Waals surface area contributed by atoms with Crippen LogP contribution in [0.15, 0.2) is 18.2 Å². The summed E-state index contributed by atoms with van der Waals surface area (Å²) in [6, 6.07) is 5.66. The lowest BCUT2D eigenvalue weighted by atomic mass is 10.1. The van der Waals surface area contributed by atoms with Gasteiger partial charge in [0, 0.05) is 29.2 Å². The third kappa shape index (κ3) is 2.00. The number of nitrogens with two attached hydrogens (primary N) is 1. The number of carbonyl (C=O) groups is 1. The fourth-order valence-corrected chi connectivity index (χ4v) is 2.38. The maximum atomic E-state index is 11.7. The molecule has 0 radical (unpaired) electrons. The molecule has 1 fully saturated rings. The number of aryl methyl sites for hydroxylation is 1. The van der Waals surface area contributed by atoms with Gasteiger partial charge in [-0.25, -0.2) is 0 Å². The Hall–Kier alpha value is -1.03. The Morgan fingerprint density at radius 1 is 1.53 bits per heavy atom. The van der Waals surface area contributed by atoms with Gasteiger partial charge in [0.25, 0.3) is 0 Å². The minimum Gasteiger partial charge on any atom is -0.399 e. The summed E-state index contributed by atoms with van der Waals surface area (Å²) >= 11 is 3.47. The summed E-state index contributed by atoms with van der Waals surface area (Å²) in [6.07, 6.45) is 0.564. The van der Waals surface area contributed by atoms with Crippen LogP contribution in [-0.2, 0) is 4.79 Å². The molecule has 0 spiro atoms. The van der Waals surface area contributed by atoms with E-state index in [4.69, 9.17) is 5.73 Å². The molecule has 1 aromatic carbocycles. The fourth-order valence-electron chi connectivity index (χ4n) is 1.81. The van der Waals surface area contributed by atoms with Crippen LogP contribution in [0.3, 0.4) is 0 Å². The van der Waals surface area contributed by atoms with Crippen LogP contribution in [-0.4, -0.2) is 17.3 Å². The molecule has 1 atom stereocenters. The van der Waals surface area contributed by atoms with E-state index in [9.17, 15) is 4.79 Å². The monoisotopic (exact) mass is 268 g/mol. The van der Waals surface area contributed by atoms with E-state index in [1.165, 1.54) is 0 Å². The zero-order chi connectivity index (χ0) is 11.0. The van der Waals surface area contributed by atoms with Crippen molar-refractivity contribution in [2.75, 3.05) is 17.2 Å². The van der Waals surface area contributed by atoms with E-state index < -0.39 is 0 Å². The second-order valence-electron chi connectivity index (χ2n) is 3.85.